The number of hydrogen-bond acceptors (Lipinski definition) is 6. The molecular weight excluding hydrogens is 452 g/mol. The Morgan fingerprint density at radius 1 is 0.743 bits per heavy atom. The van der Waals surface area contributed by atoms with Crippen molar-refractivity contribution in [3.63, 3.8) is 0 Å². The van der Waals surface area contributed by atoms with E-state index >= 15 is 0 Å². The van der Waals surface area contributed by atoms with Crippen molar-refractivity contribution < 1.29 is 29.4 Å². The standard InChI is InChI=1S/C25H48N4O6/c1-18(2)20(17-30)26-16-14-12-10-8-6-5-7-9-11-13-15-21(28-24(32)33)27-22(19(3)4)23(31)29-25(34)35/h17-22,26-28H,5-16H2,1-4H3,(H,29,31)(H,32,33)(H,34,35)/t20?,21?,22-/m0/s1. The molecule has 0 spiro atoms. The number of aldehydes is 1. The van der Waals surface area contributed by atoms with Gasteiger partial charge >= 0.3 is 12.2 Å². The van der Waals surface area contributed by atoms with Crippen LogP contribution in [0.15, 0.2) is 0 Å². The average molecular weight is 501 g/mol. The SMILES string of the molecule is CC(C)C(C=O)NCCCCCCCCCCCCC(NC(=O)O)N[C@H](C(=O)NC(=O)O)C(C)C. The first-order valence-corrected chi connectivity index (χ1v) is 13.1. The third-order valence-corrected chi connectivity index (χ3v) is 6.02. The van der Waals surface area contributed by atoms with Crippen LogP contribution in [0.25, 0.3) is 0 Å². The van der Waals surface area contributed by atoms with E-state index in [4.69, 9.17) is 10.2 Å². The van der Waals surface area contributed by atoms with Crippen molar-refractivity contribution in [2.75, 3.05) is 6.54 Å². The fourth-order valence-corrected chi connectivity index (χ4v) is 3.91. The number of amides is 3. The molecule has 0 aromatic rings. The third-order valence-electron chi connectivity index (χ3n) is 6.02. The molecule has 0 aliphatic rings. The van der Waals surface area contributed by atoms with Crippen LogP contribution in [0.4, 0.5) is 9.59 Å². The van der Waals surface area contributed by atoms with Crippen molar-refractivity contribution in [3.05, 3.63) is 0 Å². The van der Waals surface area contributed by atoms with Gasteiger partial charge in [0.05, 0.1) is 18.2 Å². The Labute approximate surface area is 210 Å². The lowest BCUT2D eigenvalue weighted by atomic mass is 10.0. The Morgan fingerprint density at radius 2 is 1.26 bits per heavy atom. The maximum absolute atomic E-state index is 12.1. The number of imide groups is 1. The second kappa shape index (κ2) is 20.0. The summed E-state index contributed by atoms with van der Waals surface area (Å²) in [7, 11) is 0. The molecule has 0 aromatic carbocycles. The smallest absolute Gasteiger partial charge is 0.411 e. The van der Waals surface area contributed by atoms with Gasteiger partial charge in [-0.1, -0.05) is 85.5 Å². The number of carbonyl (C=O) groups is 4. The molecule has 3 amide bonds. The van der Waals surface area contributed by atoms with Gasteiger partial charge in [-0.25, -0.2) is 9.59 Å². The summed E-state index contributed by atoms with van der Waals surface area (Å²) in [5, 5.41) is 28.4. The van der Waals surface area contributed by atoms with E-state index in [1.807, 2.05) is 19.2 Å². The van der Waals surface area contributed by atoms with Crippen LogP contribution in [0, 0.1) is 11.8 Å². The van der Waals surface area contributed by atoms with Gasteiger partial charge in [-0.3, -0.25) is 15.4 Å². The lowest BCUT2D eigenvalue weighted by Crippen LogP contribution is -2.56. The monoisotopic (exact) mass is 500 g/mol. The molecule has 0 heterocycles. The quantitative estimate of drug-likeness (QED) is 0.0781. The predicted octanol–water partition coefficient (Wildman–Crippen LogP) is 4.09. The van der Waals surface area contributed by atoms with Crippen LogP contribution >= 0.6 is 0 Å². The lowest BCUT2D eigenvalue weighted by Gasteiger charge is -2.27. The molecule has 204 valence electrons. The summed E-state index contributed by atoms with van der Waals surface area (Å²) in [6, 6.07) is -0.866. The molecule has 0 saturated heterocycles. The van der Waals surface area contributed by atoms with Gasteiger partial charge in [0.1, 0.15) is 6.29 Å². The van der Waals surface area contributed by atoms with Crippen molar-refractivity contribution >= 4 is 24.4 Å². The maximum Gasteiger partial charge on any atom is 0.411 e. The fraction of sp³-hybridized carbons (Fsp3) is 0.840. The van der Waals surface area contributed by atoms with E-state index in [2.05, 4.69) is 16.0 Å². The number of carboxylic acid groups (broad SMARTS) is 2. The molecular formula is C25H48N4O6. The van der Waals surface area contributed by atoms with E-state index in [0.717, 1.165) is 44.9 Å². The van der Waals surface area contributed by atoms with Gasteiger partial charge in [-0.05, 0) is 31.2 Å². The Bertz CT molecular complexity index is 615. The lowest BCUT2D eigenvalue weighted by molar-refractivity contribution is -0.123. The van der Waals surface area contributed by atoms with E-state index in [9.17, 15) is 19.2 Å². The van der Waals surface area contributed by atoms with Crippen LogP contribution in [0.5, 0.6) is 0 Å². The van der Waals surface area contributed by atoms with E-state index in [0.29, 0.717) is 12.3 Å². The molecule has 6 N–H and O–H groups in total. The van der Waals surface area contributed by atoms with Crippen molar-refractivity contribution in [2.24, 2.45) is 11.8 Å². The van der Waals surface area contributed by atoms with Crippen molar-refractivity contribution in [2.45, 2.75) is 117 Å². The highest BCUT2D eigenvalue weighted by Crippen LogP contribution is 2.13. The van der Waals surface area contributed by atoms with E-state index in [-0.39, 0.29) is 12.0 Å². The molecule has 0 fully saturated rings. The highest BCUT2D eigenvalue weighted by molar-refractivity contribution is 5.94. The first-order chi connectivity index (χ1) is 16.6. The van der Waals surface area contributed by atoms with Gasteiger partial charge in [-0.2, -0.15) is 0 Å². The number of rotatable bonds is 21. The Balaban J connectivity index is 4.00. The number of hydrogen-bond donors (Lipinski definition) is 6. The maximum atomic E-state index is 12.1. The van der Waals surface area contributed by atoms with E-state index in [1.165, 1.54) is 32.1 Å². The van der Waals surface area contributed by atoms with Crippen molar-refractivity contribution in [3.8, 4) is 0 Å². The average Bonchev–Trinajstić information content (AvgIpc) is 2.75. The zero-order valence-corrected chi connectivity index (χ0v) is 22.0. The summed E-state index contributed by atoms with van der Waals surface area (Å²) in [4.78, 5) is 45.0. The summed E-state index contributed by atoms with van der Waals surface area (Å²) in [6.07, 6.45) is 9.29. The summed E-state index contributed by atoms with van der Waals surface area (Å²) in [6.45, 7) is 8.51. The molecule has 2 unspecified atom stereocenters. The third kappa shape index (κ3) is 17.8. The number of nitrogens with one attached hydrogen (secondary N) is 4. The van der Waals surface area contributed by atoms with Gasteiger partial charge in [0.25, 0.3) is 0 Å². The Hall–Kier alpha value is -2.20. The molecule has 3 atom stereocenters. The molecule has 0 rings (SSSR count). The molecule has 10 nitrogen and oxygen atoms in total. The normalized spacial score (nSPS) is 13.9. The molecule has 10 heteroatoms. The highest BCUT2D eigenvalue weighted by atomic mass is 16.4. The summed E-state index contributed by atoms with van der Waals surface area (Å²) < 4.78 is 0. The first kappa shape index (κ1) is 32.8. The van der Waals surface area contributed by atoms with Crippen LogP contribution in [0.3, 0.4) is 0 Å². The molecule has 0 radical (unpaired) electrons. The van der Waals surface area contributed by atoms with Crippen LogP contribution in [0.1, 0.15) is 98.3 Å². The molecule has 0 aliphatic carbocycles. The van der Waals surface area contributed by atoms with Gasteiger partial charge in [0.15, 0.2) is 0 Å². The molecule has 35 heavy (non-hydrogen) atoms. The fourth-order valence-electron chi connectivity index (χ4n) is 3.91. The summed E-state index contributed by atoms with van der Waals surface area (Å²) >= 11 is 0. The minimum Gasteiger partial charge on any atom is -0.465 e. The number of unbranched alkanes of at least 4 members (excludes halogenated alkanes) is 9. The number of carbonyl (C=O) groups excluding carboxylic acids is 2. The minimum atomic E-state index is -1.43. The highest BCUT2D eigenvalue weighted by Gasteiger charge is 2.27. The van der Waals surface area contributed by atoms with E-state index in [1.54, 1.807) is 13.8 Å². The first-order valence-electron chi connectivity index (χ1n) is 13.1. The van der Waals surface area contributed by atoms with Gasteiger partial charge in [0.2, 0.25) is 5.91 Å². The second-order valence-electron chi connectivity index (χ2n) is 9.87. The van der Waals surface area contributed by atoms with Crippen LogP contribution < -0.4 is 21.3 Å². The van der Waals surface area contributed by atoms with Crippen molar-refractivity contribution in [1.82, 2.24) is 21.3 Å². The molecule has 0 aliphatic heterocycles. The topological polar surface area (TPSA) is 157 Å². The Morgan fingerprint density at radius 3 is 1.69 bits per heavy atom. The van der Waals surface area contributed by atoms with Gasteiger partial charge in [-0.15, -0.1) is 0 Å². The zero-order chi connectivity index (χ0) is 26.6. The largest absolute Gasteiger partial charge is 0.465 e. The Kier molecular flexibility index (Phi) is 18.8. The molecule has 0 saturated carbocycles. The molecule has 0 bridgehead atoms. The zero-order valence-electron chi connectivity index (χ0n) is 22.0. The van der Waals surface area contributed by atoms with Gasteiger partial charge in [0, 0.05) is 0 Å². The van der Waals surface area contributed by atoms with Crippen LogP contribution in [0.2, 0.25) is 0 Å². The summed E-state index contributed by atoms with van der Waals surface area (Å²) in [5.74, 6) is -0.580. The van der Waals surface area contributed by atoms with Crippen LogP contribution in [-0.2, 0) is 9.59 Å². The second-order valence-corrected chi connectivity index (χ2v) is 9.87. The van der Waals surface area contributed by atoms with Crippen molar-refractivity contribution in [1.29, 1.82) is 0 Å². The molecule has 0 aromatic heterocycles. The summed E-state index contributed by atoms with van der Waals surface area (Å²) in [5.41, 5.74) is 0. The van der Waals surface area contributed by atoms with Gasteiger partial charge < -0.3 is 25.6 Å². The van der Waals surface area contributed by atoms with E-state index < -0.39 is 30.3 Å². The minimum absolute atomic E-state index is 0.0472. The predicted molar refractivity (Wildman–Crippen MR) is 136 cm³/mol. The van der Waals surface area contributed by atoms with Crippen LogP contribution in [-0.4, -0.2) is 59.4 Å².